The second-order valence-corrected chi connectivity index (χ2v) is 5.12. The first-order valence-corrected chi connectivity index (χ1v) is 7.13. The smallest absolute Gasteiger partial charge is 0.225 e. The summed E-state index contributed by atoms with van der Waals surface area (Å²) < 4.78 is 7.41. The van der Waals surface area contributed by atoms with E-state index in [-0.39, 0.29) is 0 Å². The lowest BCUT2D eigenvalue weighted by Gasteiger charge is -1.98. The molecule has 1 aromatic rings. The first-order chi connectivity index (χ1) is 8.79. The van der Waals surface area contributed by atoms with Crippen molar-refractivity contribution in [2.45, 2.75) is 39.2 Å². The number of hydrogen-bond acceptors (Lipinski definition) is 3. The number of thiazole rings is 1. The van der Waals surface area contributed by atoms with Crippen LogP contribution in [-0.2, 0) is 17.7 Å². The van der Waals surface area contributed by atoms with Crippen molar-refractivity contribution in [3.63, 3.8) is 0 Å². The van der Waals surface area contributed by atoms with E-state index in [4.69, 9.17) is 10.3 Å². The summed E-state index contributed by atoms with van der Waals surface area (Å²) in [6, 6.07) is 0. The van der Waals surface area contributed by atoms with Crippen LogP contribution in [0.5, 0.6) is 0 Å². The summed E-state index contributed by atoms with van der Waals surface area (Å²) in [5, 5.41) is 3.53. The molecule has 18 heavy (non-hydrogen) atoms. The van der Waals surface area contributed by atoms with E-state index in [1.165, 1.54) is 10.6 Å². The van der Waals surface area contributed by atoms with Crippen molar-refractivity contribution < 1.29 is 9.30 Å². The first kappa shape index (κ1) is 15.0. The van der Waals surface area contributed by atoms with Crippen LogP contribution >= 0.6 is 11.3 Å². The Labute approximate surface area is 112 Å². The predicted octanol–water partition coefficient (Wildman–Crippen LogP) is 3.01. The SMILES string of the molecule is COCCc1sc[n+](CCCCCN=[N+]=[N-])c1C. The molecule has 6 heteroatoms. The van der Waals surface area contributed by atoms with Crippen LogP contribution in [-0.4, -0.2) is 20.3 Å². The zero-order chi connectivity index (χ0) is 13.2. The van der Waals surface area contributed by atoms with Gasteiger partial charge >= 0.3 is 0 Å². The molecule has 0 unspecified atom stereocenters. The van der Waals surface area contributed by atoms with Crippen molar-refractivity contribution in [2.75, 3.05) is 20.3 Å². The standard InChI is InChI=1S/C12H21N4OS/c1-11-12(6-9-17-2)18-10-16(11)8-5-3-4-7-14-15-13/h10H,3-9H2,1-2H3/q+1. The second kappa shape index (κ2) is 8.91. The number of unbranched alkanes of at least 4 members (excludes halogenated alkanes) is 2. The van der Waals surface area contributed by atoms with Crippen molar-refractivity contribution >= 4 is 11.3 Å². The molecule has 100 valence electrons. The molecule has 1 rings (SSSR count). The van der Waals surface area contributed by atoms with Crippen LogP contribution < -0.4 is 4.57 Å². The van der Waals surface area contributed by atoms with Gasteiger partial charge in [-0.1, -0.05) is 16.5 Å². The average molecular weight is 269 g/mol. The Kier molecular flexibility index (Phi) is 7.41. The zero-order valence-electron chi connectivity index (χ0n) is 11.1. The molecule has 1 heterocycles. The fourth-order valence-corrected chi connectivity index (χ4v) is 2.80. The largest absolute Gasteiger partial charge is 0.384 e. The van der Waals surface area contributed by atoms with E-state index >= 15 is 0 Å². The number of rotatable bonds is 9. The topological polar surface area (TPSA) is 61.9 Å². The third-order valence-corrected chi connectivity index (χ3v) is 4.05. The fraction of sp³-hybridized carbons (Fsp3) is 0.750. The molecule has 1 aromatic heterocycles. The third kappa shape index (κ3) is 5.04. The lowest BCUT2D eigenvalue weighted by Crippen LogP contribution is -2.34. The average Bonchev–Trinajstić information content (AvgIpc) is 2.72. The van der Waals surface area contributed by atoms with Crippen molar-refractivity contribution in [3.05, 3.63) is 26.5 Å². The van der Waals surface area contributed by atoms with Gasteiger partial charge in [-0.2, -0.15) is 4.57 Å². The Hall–Kier alpha value is -1.10. The number of aromatic nitrogens is 1. The molecule has 0 aliphatic carbocycles. The monoisotopic (exact) mass is 269 g/mol. The van der Waals surface area contributed by atoms with E-state index in [0.29, 0.717) is 6.54 Å². The maximum atomic E-state index is 8.16. The Balaban J connectivity index is 2.29. The van der Waals surface area contributed by atoms with E-state index < -0.39 is 0 Å². The van der Waals surface area contributed by atoms with Crippen molar-refractivity contribution in [2.24, 2.45) is 5.11 Å². The van der Waals surface area contributed by atoms with Crippen LogP contribution in [0.3, 0.4) is 0 Å². The van der Waals surface area contributed by atoms with E-state index in [1.807, 2.05) is 0 Å². The van der Waals surface area contributed by atoms with E-state index in [9.17, 15) is 0 Å². The summed E-state index contributed by atoms with van der Waals surface area (Å²) in [5.41, 5.74) is 11.7. The number of hydrogen-bond donors (Lipinski definition) is 0. The summed E-state index contributed by atoms with van der Waals surface area (Å²) in [7, 11) is 1.74. The molecule has 0 aliphatic rings. The highest BCUT2D eigenvalue weighted by atomic mass is 32.1. The Bertz CT molecular complexity index is 399. The van der Waals surface area contributed by atoms with Gasteiger partial charge in [0.15, 0.2) is 5.69 Å². The summed E-state index contributed by atoms with van der Waals surface area (Å²) >= 11 is 1.80. The van der Waals surface area contributed by atoms with Crippen LogP contribution in [0, 0.1) is 6.92 Å². The highest BCUT2D eigenvalue weighted by Gasteiger charge is 2.13. The highest BCUT2D eigenvalue weighted by molar-refractivity contribution is 7.09. The van der Waals surface area contributed by atoms with Crippen molar-refractivity contribution in [3.8, 4) is 0 Å². The van der Waals surface area contributed by atoms with Gasteiger partial charge in [-0.3, -0.25) is 0 Å². The van der Waals surface area contributed by atoms with Gasteiger partial charge in [0.05, 0.1) is 11.5 Å². The molecule has 5 nitrogen and oxygen atoms in total. The number of methoxy groups -OCH3 is 1. The minimum Gasteiger partial charge on any atom is -0.384 e. The number of nitrogens with zero attached hydrogens (tertiary/aromatic N) is 4. The Morgan fingerprint density at radius 1 is 1.44 bits per heavy atom. The van der Waals surface area contributed by atoms with Gasteiger partial charge < -0.3 is 4.74 Å². The quantitative estimate of drug-likeness (QED) is 0.223. The molecule has 0 spiro atoms. The molecule has 0 fully saturated rings. The molecule has 0 aliphatic heterocycles. The molecule has 0 atom stereocenters. The van der Waals surface area contributed by atoms with Crippen LogP contribution in [0.15, 0.2) is 10.6 Å². The second-order valence-electron chi connectivity index (χ2n) is 4.18. The maximum Gasteiger partial charge on any atom is 0.225 e. The molecule has 0 bridgehead atoms. The molecule has 0 N–H and O–H groups in total. The lowest BCUT2D eigenvalue weighted by molar-refractivity contribution is -0.698. The van der Waals surface area contributed by atoms with Crippen LogP contribution in [0.2, 0.25) is 0 Å². The van der Waals surface area contributed by atoms with E-state index in [0.717, 1.165) is 38.8 Å². The van der Waals surface area contributed by atoms with Gasteiger partial charge in [0.1, 0.15) is 6.54 Å². The molecule has 0 saturated heterocycles. The van der Waals surface area contributed by atoms with Crippen molar-refractivity contribution in [1.82, 2.24) is 0 Å². The zero-order valence-corrected chi connectivity index (χ0v) is 11.9. The van der Waals surface area contributed by atoms with Gasteiger partial charge in [0.25, 0.3) is 0 Å². The maximum absolute atomic E-state index is 8.16. The number of aryl methyl sites for hydroxylation is 1. The molecule has 0 aromatic carbocycles. The van der Waals surface area contributed by atoms with Gasteiger partial charge in [0, 0.05) is 38.3 Å². The number of azide groups is 1. The molecule has 0 amide bonds. The van der Waals surface area contributed by atoms with Crippen LogP contribution in [0.25, 0.3) is 10.4 Å². The third-order valence-electron chi connectivity index (χ3n) is 2.91. The molecular formula is C12H21N4OS+. The van der Waals surface area contributed by atoms with Gasteiger partial charge in [-0.05, 0) is 18.4 Å². The summed E-state index contributed by atoms with van der Waals surface area (Å²) in [5.74, 6) is 0. The Morgan fingerprint density at radius 2 is 2.28 bits per heavy atom. The molecule has 0 saturated carbocycles. The van der Waals surface area contributed by atoms with Crippen LogP contribution in [0.4, 0.5) is 0 Å². The minimum atomic E-state index is 0.614. The van der Waals surface area contributed by atoms with Crippen LogP contribution in [0.1, 0.15) is 29.8 Å². The summed E-state index contributed by atoms with van der Waals surface area (Å²) in [4.78, 5) is 4.16. The first-order valence-electron chi connectivity index (χ1n) is 6.25. The van der Waals surface area contributed by atoms with Gasteiger partial charge in [-0.15, -0.1) is 0 Å². The van der Waals surface area contributed by atoms with Gasteiger partial charge in [-0.25, -0.2) is 0 Å². The molecular weight excluding hydrogens is 248 g/mol. The minimum absolute atomic E-state index is 0.614. The summed E-state index contributed by atoms with van der Waals surface area (Å²) in [6.45, 7) is 4.61. The Morgan fingerprint density at radius 3 is 3.00 bits per heavy atom. The molecule has 0 radical (unpaired) electrons. The highest BCUT2D eigenvalue weighted by Crippen LogP contribution is 2.12. The van der Waals surface area contributed by atoms with Gasteiger partial charge in [0.2, 0.25) is 5.51 Å². The summed E-state index contributed by atoms with van der Waals surface area (Å²) in [6.07, 6.45) is 4.21. The van der Waals surface area contributed by atoms with E-state index in [1.54, 1.807) is 18.4 Å². The lowest BCUT2D eigenvalue weighted by atomic mass is 10.2. The number of ether oxygens (including phenoxy) is 1. The fourth-order valence-electron chi connectivity index (χ4n) is 1.79. The predicted molar refractivity (Wildman–Crippen MR) is 72.7 cm³/mol. The van der Waals surface area contributed by atoms with E-state index in [2.05, 4.69) is 27.0 Å². The van der Waals surface area contributed by atoms with Crippen molar-refractivity contribution in [1.29, 1.82) is 0 Å². The normalized spacial score (nSPS) is 10.3.